The Morgan fingerprint density at radius 2 is 1.96 bits per heavy atom. The fraction of sp³-hybridized carbons (Fsp3) is 0.211. The highest BCUT2D eigenvalue weighted by Gasteiger charge is 2.30. The van der Waals surface area contributed by atoms with Gasteiger partial charge in [-0.2, -0.15) is 0 Å². The smallest absolute Gasteiger partial charge is 0.319 e. The maximum Gasteiger partial charge on any atom is 0.319 e. The van der Waals surface area contributed by atoms with Gasteiger partial charge in [-0.1, -0.05) is 54.2 Å². The molecule has 1 aliphatic heterocycles. The highest BCUT2D eigenvalue weighted by molar-refractivity contribution is 8.00. The number of aryl methyl sites for hydroxylation is 1. The Balaban J connectivity index is 1.81. The number of benzene rings is 2. The second kappa shape index (κ2) is 6.72. The number of thioether (sulfide) groups is 1. The van der Waals surface area contributed by atoms with Crippen molar-refractivity contribution in [2.24, 2.45) is 0 Å². The Morgan fingerprint density at radius 1 is 1.12 bits per heavy atom. The molecule has 0 aliphatic carbocycles. The van der Waals surface area contributed by atoms with Gasteiger partial charge >= 0.3 is 5.97 Å². The van der Waals surface area contributed by atoms with Gasteiger partial charge in [-0.3, -0.25) is 9.36 Å². The summed E-state index contributed by atoms with van der Waals surface area (Å²) in [6, 6.07) is 18.1. The van der Waals surface area contributed by atoms with Crippen LogP contribution in [0.2, 0.25) is 0 Å². The summed E-state index contributed by atoms with van der Waals surface area (Å²) in [6.07, 6.45) is 0.699. The maximum atomic E-state index is 11.9. The lowest BCUT2D eigenvalue weighted by Crippen LogP contribution is -2.11. The molecule has 0 N–H and O–H groups in total. The molecular formula is C19H17N3O2S. The summed E-state index contributed by atoms with van der Waals surface area (Å²) in [7, 11) is 0. The van der Waals surface area contributed by atoms with Gasteiger partial charge in [0.15, 0.2) is 11.0 Å². The van der Waals surface area contributed by atoms with Gasteiger partial charge < -0.3 is 4.74 Å². The summed E-state index contributed by atoms with van der Waals surface area (Å²) in [4.78, 5) is 11.9. The second-order valence-electron chi connectivity index (χ2n) is 5.91. The van der Waals surface area contributed by atoms with E-state index >= 15 is 0 Å². The summed E-state index contributed by atoms with van der Waals surface area (Å²) in [5.74, 6) is 0.588. The van der Waals surface area contributed by atoms with E-state index in [1.54, 1.807) is 0 Å². The van der Waals surface area contributed by atoms with Gasteiger partial charge in [-0.15, -0.1) is 10.2 Å². The number of carbonyl (C=O) groups excluding carboxylic acids is 1. The molecule has 25 heavy (non-hydrogen) atoms. The van der Waals surface area contributed by atoms with Crippen LogP contribution in [0.1, 0.15) is 12.0 Å². The minimum absolute atomic E-state index is 0.176. The number of cyclic esters (lactones) is 1. The van der Waals surface area contributed by atoms with Crippen LogP contribution in [0.4, 0.5) is 0 Å². The third-order valence-electron chi connectivity index (χ3n) is 4.06. The lowest BCUT2D eigenvalue weighted by molar-refractivity contribution is -0.137. The highest BCUT2D eigenvalue weighted by atomic mass is 32.2. The monoisotopic (exact) mass is 351 g/mol. The van der Waals surface area contributed by atoms with Crippen molar-refractivity contribution in [2.45, 2.75) is 23.8 Å². The van der Waals surface area contributed by atoms with E-state index in [9.17, 15) is 4.79 Å². The van der Waals surface area contributed by atoms with Crippen molar-refractivity contribution in [3.05, 3.63) is 60.2 Å². The number of nitrogens with zero attached hydrogens (tertiary/aromatic N) is 3. The molecule has 0 unspecified atom stereocenters. The van der Waals surface area contributed by atoms with Crippen LogP contribution in [0, 0.1) is 6.92 Å². The molecule has 4 rings (SSSR count). The van der Waals surface area contributed by atoms with Gasteiger partial charge in [0.25, 0.3) is 0 Å². The first-order valence-corrected chi connectivity index (χ1v) is 9.01. The van der Waals surface area contributed by atoms with E-state index in [1.807, 2.05) is 47.0 Å². The molecule has 0 saturated carbocycles. The van der Waals surface area contributed by atoms with Crippen molar-refractivity contribution < 1.29 is 9.53 Å². The van der Waals surface area contributed by atoms with E-state index in [0.717, 1.165) is 22.6 Å². The lowest BCUT2D eigenvalue weighted by atomic mass is 10.2. The topological polar surface area (TPSA) is 57.0 Å². The molecule has 2 heterocycles. The standard InChI is InChI=1S/C19H17N3O2S/c1-13-6-5-9-15(12-13)22-17(14-7-3-2-4-8-14)20-21-19(22)25-16-10-11-24-18(16)23/h2-9,12,16H,10-11H2,1H3/t16-/m0/s1. The molecule has 0 radical (unpaired) electrons. The summed E-state index contributed by atoms with van der Waals surface area (Å²) in [5.41, 5.74) is 3.12. The normalized spacial score (nSPS) is 16.8. The van der Waals surface area contributed by atoms with Crippen LogP contribution >= 0.6 is 11.8 Å². The predicted molar refractivity (Wildman–Crippen MR) is 96.8 cm³/mol. The van der Waals surface area contributed by atoms with Crippen LogP contribution < -0.4 is 0 Å². The number of ether oxygens (including phenoxy) is 1. The Morgan fingerprint density at radius 3 is 2.68 bits per heavy atom. The zero-order valence-electron chi connectivity index (χ0n) is 13.8. The zero-order chi connectivity index (χ0) is 17.2. The van der Waals surface area contributed by atoms with Gasteiger partial charge in [0.1, 0.15) is 5.25 Å². The minimum atomic E-state index is -0.226. The minimum Gasteiger partial charge on any atom is -0.465 e. The number of hydrogen-bond donors (Lipinski definition) is 0. The summed E-state index contributed by atoms with van der Waals surface area (Å²) >= 11 is 1.42. The number of carbonyl (C=O) groups is 1. The molecule has 1 atom stereocenters. The van der Waals surface area contributed by atoms with E-state index in [4.69, 9.17) is 4.74 Å². The van der Waals surface area contributed by atoms with Crippen LogP contribution in [0.3, 0.4) is 0 Å². The molecule has 1 fully saturated rings. The zero-order valence-corrected chi connectivity index (χ0v) is 14.6. The Bertz CT molecular complexity index is 908. The van der Waals surface area contributed by atoms with E-state index in [1.165, 1.54) is 11.8 Å². The molecule has 6 heteroatoms. The van der Waals surface area contributed by atoms with Gasteiger partial charge in [-0.25, -0.2) is 0 Å². The summed E-state index contributed by atoms with van der Waals surface area (Å²) < 4.78 is 7.09. The first-order valence-electron chi connectivity index (χ1n) is 8.13. The van der Waals surface area contributed by atoms with E-state index in [-0.39, 0.29) is 11.2 Å². The molecule has 0 amide bonds. The van der Waals surface area contributed by atoms with Crippen molar-refractivity contribution >= 4 is 17.7 Å². The highest BCUT2D eigenvalue weighted by Crippen LogP contribution is 2.33. The molecule has 126 valence electrons. The number of rotatable bonds is 4. The van der Waals surface area contributed by atoms with Crippen molar-refractivity contribution in [1.29, 1.82) is 0 Å². The average molecular weight is 351 g/mol. The quantitative estimate of drug-likeness (QED) is 0.672. The molecule has 1 aromatic heterocycles. The molecule has 0 spiro atoms. The molecule has 1 saturated heterocycles. The van der Waals surface area contributed by atoms with Crippen molar-refractivity contribution in [2.75, 3.05) is 6.61 Å². The van der Waals surface area contributed by atoms with Crippen molar-refractivity contribution in [3.63, 3.8) is 0 Å². The summed E-state index contributed by atoms with van der Waals surface area (Å²) in [6.45, 7) is 2.53. The van der Waals surface area contributed by atoms with Gasteiger partial charge in [0.2, 0.25) is 0 Å². The molecule has 2 aromatic carbocycles. The molecule has 1 aliphatic rings. The fourth-order valence-electron chi connectivity index (χ4n) is 2.83. The summed E-state index contributed by atoms with van der Waals surface area (Å²) in [5, 5.41) is 9.24. The molecular weight excluding hydrogens is 334 g/mol. The van der Waals surface area contributed by atoms with Crippen LogP contribution in [0.25, 0.3) is 17.1 Å². The Kier molecular flexibility index (Phi) is 4.28. The molecule has 0 bridgehead atoms. The third kappa shape index (κ3) is 3.17. The first-order chi connectivity index (χ1) is 12.2. The van der Waals surface area contributed by atoms with E-state index in [2.05, 4.69) is 29.3 Å². The SMILES string of the molecule is Cc1cccc(-n2c(S[C@H]3CCOC3=O)nnc2-c2ccccc2)c1. The number of hydrogen-bond acceptors (Lipinski definition) is 5. The van der Waals surface area contributed by atoms with Gasteiger partial charge in [0, 0.05) is 17.7 Å². The molecule has 5 nitrogen and oxygen atoms in total. The predicted octanol–water partition coefficient (Wildman–Crippen LogP) is 3.65. The van der Waals surface area contributed by atoms with Crippen LogP contribution in [-0.2, 0) is 9.53 Å². The third-order valence-corrected chi connectivity index (χ3v) is 5.25. The largest absolute Gasteiger partial charge is 0.465 e. The number of aromatic nitrogens is 3. The Hall–Kier alpha value is -2.60. The van der Waals surface area contributed by atoms with Gasteiger partial charge in [0.05, 0.1) is 6.61 Å². The average Bonchev–Trinajstić information content (AvgIpc) is 3.23. The Labute approximate surface area is 150 Å². The van der Waals surface area contributed by atoms with Crippen LogP contribution in [0.15, 0.2) is 59.8 Å². The number of esters is 1. The van der Waals surface area contributed by atoms with Crippen molar-refractivity contribution in [1.82, 2.24) is 14.8 Å². The molecule has 3 aromatic rings. The van der Waals surface area contributed by atoms with Crippen LogP contribution in [-0.4, -0.2) is 32.6 Å². The van der Waals surface area contributed by atoms with E-state index in [0.29, 0.717) is 18.2 Å². The fourth-order valence-corrected chi connectivity index (χ4v) is 3.85. The maximum absolute atomic E-state index is 11.9. The van der Waals surface area contributed by atoms with E-state index < -0.39 is 0 Å². The van der Waals surface area contributed by atoms with Gasteiger partial charge in [-0.05, 0) is 24.6 Å². The van der Waals surface area contributed by atoms with Crippen LogP contribution in [0.5, 0.6) is 0 Å². The first kappa shape index (κ1) is 15.9. The van der Waals surface area contributed by atoms with Crippen molar-refractivity contribution in [3.8, 4) is 17.1 Å². The lowest BCUT2D eigenvalue weighted by Gasteiger charge is -2.12. The second-order valence-corrected chi connectivity index (χ2v) is 7.08.